The van der Waals surface area contributed by atoms with E-state index in [2.05, 4.69) is 23.9 Å². The molecule has 0 aliphatic rings. The molecule has 1 amide bonds. The zero-order valence-electron chi connectivity index (χ0n) is 16.4. The van der Waals surface area contributed by atoms with Crippen molar-refractivity contribution in [3.05, 3.63) is 21.9 Å². The highest BCUT2D eigenvalue weighted by atomic mass is 32.2. The van der Waals surface area contributed by atoms with Crippen LogP contribution in [0.15, 0.2) is 12.1 Å². The van der Waals surface area contributed by atoms with Gasteiger partial charge in [0.05, 0.1) is 6.26 Å². The minimum Gasteiger partial charge on any atom is -0.451 e. The van der Waals surface area contributed by atoms with Gasteiger partial charge in [-0.15, -0.1) is 11.3 Å². The van der Waals surface area contributed by atoms with E-state index in [1.165, 1.54) is 11.3 Å². The molecule has 0 fully saturated rings. The maximum absolute atomic E-state index is 12.0. The van der Waals surface area contributed by atoms with Gasteiger partial charge in [-0.3, -0.25) is 4.79 Å². The van der Waals surface area contributed by atoms with E-state index >= 15 is 0 Å². The quantitative estimate of drug-likeness (QED) is 0.507. The Morgan fingerprint density at radius 2 is 1.89 bits per heavy atom. The first kappa shape index (κ1) is 23.6. The molecule has 0 radical (unpaired) electrons. The van der Waals surface area contributed by atoms with Crippen molar-refractivity contribution in [2.75, 3.05) is 19.4 Å². The number of thiophene rings is 1. The zero-order chi connectivity index (χ0) is 20.4. The molecule has 1 aromatic heterocycles. The summed E-state index contributed by atoms with van der Waals surface area (Å²) in [5.74, 6) is -0.217. The highest BCUT2D eigenvalue weighted by Gasteiger charge is 2.14. The highest BCUT2D eigenvalue weighted by Crippen LogP contribution is 2.18. The fraction of sp³-hybridized carbons (Fsp3) is 0.667. The molecule has 0 saturated heterocycles. The van der Waals surface area contributed by atoms with Crippen LogP contribution in [0, 0.1) is 5.92 Å². The molecule has 7 nitrogen and oxygen atoms in total. The SMILES string of the molecule is CC(C)CCCC(C)NC(=O)COC(=O)c1ccc(CCNS(C)(=O)=O)s1. The van der Waals surface area contributed by atoms with Crippen molar-refractivity contribution < 1.29 is 22.7 Å². The van der Waals surface area contributed by atoms with Gasteiger partial charge in [0.2, 0.25) is 10.0 Å². The van der Waals surface area contributed by atoms with Gasteiger partial charge in [-0.1, -0.05) is 26.7 Å². The number of amides is 1. The maximum atomic E-state index is 12.0. The number of hydrogen-bond donors (Lipinski definition) is 2. The van der Waals surface area contributed by atoms with Gasteiger partial charge in [0.15, 0.2) is 6.61 Å². The van der Waals surface area contributed by atoms with Crippen molar-refractivity contribution in [3.8, 4) is 0 Å². The lowest BCUT2D eigenvalue weighted by Crippen LogP contribution is -2.35. The fourth-order valence-electron chi connectivity index (χ4n) is 2.40. The van der Waals surface area contributed by atoms with Crippen molar-refractivity contribution in [2.24, 2.45) is 5.92 Å². The molecule has 1 aromatic rings. The normalized spacial score (nSPS) is 12.8. The topological polar surface area (TPSA) is 102 Å². The molecule has 27 heavy (non-hydrogen) atoms. The summed E-state index contributed by atoms with van der Waals surface area (Å²) in [7, 11) is -3.22. The van der Waals surface area contributed by atoms with Crippen LogP contribution in [-0.2, 0) is 26.0 Å². The van der Waals surface area contributed by atoms with Crippen LogP contribution in [0.5, 0.6) is 0 Å². The number of carbonyl (C=O) groups excluding carboxylic acids is 2. The summed E-state index contributed by atoms with van der Waals surface area (Å²) < 4.78 is 29.5. The second-order valence-corrected chi connectivity index (χ2v) is 10.1. The van der Waals surface area contributed by atoms with E-state index < -0.39 is 16.0 Å². The molecule has 1 atom stereocenters. The predicted octanol–water partition coefficient (Wildman–Crippen LogP) is 2.33. The lowest BCUT2D eigenvalue weighted by atomic mass is 10.0. The Hall–Kier alpha value is -1.45. The highest BCUT2D eigenvalue weighted by molar-refractivity contribution is 7.88. The Bertz CT molecular complexity index is 713. The third-order valence-corrected chi connectivity index (χ3v) is 5.61. The standard InChI is InChI=1S/C18H30N2O5S2/c1-13(2)6-5-7-14(3)20-17(21)12-25-18(22)16-9-8-15(26-16)10-11-19-27(4,23)24/h8-9,13-14,19H,5-7,10-12H2,1-4H3,(H,20,21). The Kier molecular flexibility index (Phi) is 9.97. The van der Waals surface area contributed by atoms with Crippen molar-refractivity contribution in [2.45, 2.75) is 52.5 Å². The van der Waals surface area contributed by atoms with Crippen molar-refractivity contribution in [1.82, 2.24) is 10.0 Å². The van der Waals surface area contributed by atoms with E-state index in [0.29, 0.717) is 17.2 Å². The molecular weight excluding hydrogens is 388 g/mol. The molecule has 1 unspecified atom stereocenters. The van der Waals surface area contributed by atoms with Gasteiger partial charge in [-0.05, 0) is 37.8 Å². The van der Waals surface area contributed by atoms with Crippen LogP contribution in [0.1, 0.15) is 54.6 Å². The van der Waals surface area contributed by atoms with Gasteiger partial charge in [0.25, 0.3) is 5.91 Å². The van der Waals surface area contributed by atoms with Crippen LogP contribution < -0.4 is 10.0 Å². The number of rotatable bonds is 12. The lowest BCUT2D eigenvalue weighted by molar-refractivity contribution is -0.124. The summed E-state index contributed by atoms with van der Waals surface area (Å²) in [6, 6.07) is 3.42. The molecule has 0 bridgehead atoms. The molecule has 0 aliphatic carbocycles. The molecule has 0 aliphatic heterocycles. The molecule has 2 N–H and O–H groups in total. The van der Waals surface area contributed by atoms with Crippen LogP contribution >= 0.6 is 11.3 Å². The summed E-state index contributed by atoms with van der Waals surface area (Å²) >= 11 is 1.23. The van der Waals surface area contributed by atoms with Gasteiger partial charge < -0.3 is 10.1 Å². The van der Waals surface area contributed by atoms with Gasteiger partial charge >= 0.3 is 5.97 Å². The minimum atomic E-state index is -3.22. The summed E-state index contributed by atoms with van der Waals surface area (Å²) in [5, 5.41) is 2.83. The first-order valence-electron chi connectivity index (χ1n) is 9.06. The Morgan fingerprint density at radius 3 is 2.52 bits per heavy atom. The smallest absolute Gasteiger partial charge is 0.348 e. The number of esters is 1. The fourth-order valence-corrected chi connectivity index (χ4v) is 3.78. The predicted molar refractivity (Wildman–Crippen MR) is 107 cm³/mol. The molecule has 0 spiro atoms. The lowest BCUT2D eigenvalue weighted by Gasteiger charge is -2.14. The first-order valence-corrected chi connectivity index (χ1v) is 11.8. The van der Waals surface area contributed by atoms with Crippen molar-refractivity contribution in [3.63, 3.8) is 0 Å². The van der Waals surface area contributed by atoms with Crippen LogP contribution in [0.3, 0.4) is 0 Å². The van der Waals surface area contributed by atoms with E-state index in [1.54, 1.807) is 12.1 Å². The summed E-state index contributed by atoms with van der Waals surface area (Å²) in [6.45, 7) is 6.24. The number of carbonyl (C=O) groups is 2. The number of ether oxygens (including phenoxy) is 1. The summed E-state index contributed by atoms with van der Waals surface area (Å²) in [6.07, 6.45) is 4.65. The third-order valence-electron chi connectivity index (χ3n) is 3.76. The first-order chi connectivity index (χ1) is 12.6. The Morgan fingerprint density at radius 1 is 1.19 bits per heavy atom. The van der Waals surface area contributed by atoms with Gasteiger partial charge in [-0.2, -0.15) is 0 Å². The zero-order valence-corrected chi connectivity index (χ0v) is 18.0. The van der Waals surface area contributed by atoms with E-state index in [0.717, 1.165) is 30.4 Å². The van der Waals surface area contributed by atoms with Crippen LogP contribution in [0.2, 0.25) is 0 Å². The minimum absolute atomic E-state index is 0.0469. The average Bonchev–Trinajstić information content (AvgIpc) is 3.00. The van der Waals surface area contributed by atoms with Gasteiger partial charge in [0, 0.05) is 17.5 Å². The second kappa shape index (κ2) is 11.4. The molecular formula is C18H30N2O5S2. The second-order valence-electron chi connectivity index (χ2n) is 7.05. The van der Waals surface area contributed by atoms with E-state index in [-0.39, 0.29) is 25.1 Å². The van der Waals surface area contributed by atoms with E-state index in [4.69, 9.17) is 4.74 Å². The molecule has 1 rings (SSSR count). The number of sulfonamides is 1. The molecule has 154 valence electrons. The average molecular weight is 419 g/mol. The van der Waals surface area contributed by atoms with Gasteiger partial charge in [-0.25, -0.2) is 17.9 Å². The molecule has 0 aromatic carbocycles. The summed E-state index contributed by atoms with van der Waals surface area (Å²) in [4.78, 5) is 25.2. The van der Waals surface area contributed by atoms with E-state index in [1.807, 2.05) is 6.92 Å². The van der Waals surface area contributed by atoms with Crippen molar-refractivity contribution in [1.29, 1.82) is 0 Å². The van der Waals surface area contributed by atoms with Crippen molar-refractivity contribution >= 4 is 33.2 Å². The van der Waals surface area contributed by atoms with Gasteiger partial charge in [0.1, 0.15) is 4.88 Å². The number of hydrogen-bond acceptors (Lipinski definition) is 6. The maximum Gasteiger partial charge on any atom is 0.348 e. The summed E-state index contributed by atoms with van der Waals surface area (Å²) in [5.41, 5.74) is 0. The molecule has 1 heterocycles. The number of nitrogens with one attached hydrogen (secondary N) is 2. The van der Waals surface area contributed by atoms with Crippen LogP contribution in [0.25, 0.3) is 0 Å². The van der Waals surface area contributed by atoms with E-state index in [9.17, 15) is 18.0 Å². The third kappa shape index (κ3) is 11.1. The largest absolute Gasteiger partial charge is 0.451 e. The molecule has 9 heteroatoms. The Balaban J connectivity index is 2.32. The Labute approximate surface area is 165 Å². The van der Waals surface area contributed by atoms with Crippen LogP contribution in [0.4, 0.5) is 0 Å². The molecule has 0 saturated carbocycles. The monoisotopic (exact) mass is 418 g/mol. The van der Waals surface area contributed by atoms with Crippen LogP contribution in [-0.4, -0.2) is 45.7 Å².